The van der Waals surface area contributed by atoms with Gasteiger partial charge in [-0.3, -0.25) is 4.90 Å². The summed E-state index contributed by atoms with van der Waals surface area (Å²) in [6.07, 6.45) is 2.15. The number of hydrogen-bond acceptors (Lipinski definition) is 2. The molecule has 4 heteroatoms. The number of rotatable bonds is 3. The van der Waals surface area contributed by atoms with E-state index in [0.29, 0.717) is 0 Å². The standard InChI is InChI=1S/C14H19BrFNO/c1-14(10-18)3-2-4-17(9-14)8-11-5-12(15)7-13(16)6-11/h5-7,18H,2-4,8-10H2,1H3. The number of aliphatic hydroxyl groups is 1. The second-order valence-corrected chi connectivity index (χ2v) is 6.48. The molecule has 2 nitrogen and oxygen atoms in total. The van der Waals surface area contributed by atoms with Crippen LogP contribution in [0.3, 0.4) is 0 Å². The van der Waals surface area contributed by atoms with Crippen LogP contribution < -0.4 is 0 Å². The summed E-state index contributed by atoms with van der Waals surface area (Å²) in [5, 5.41) is 9.43. The zero-order valence-corrected chi connectivity index (χ0v) is 12.2. The van der Waals surface area contributed by atoms with Gasteiger partial charge in [0.05, 0.1) is 0 Å². The van der Waals surface area contributed by atoms with E-state index in [2.05, 4.69) is 27.8 Å². The molecule has 0 radical (unpaired) electrons. The van der Waals surface area contributed by atoms with Crippen molar-refractivity contribution in [1.29, 1.82) is 0 Å². The molecule has 0 bridgehead atoms. The van der Waals surface area contributed by atoms with Crippen molar-refractivity contribution in [2.45, 2.75) is 26.3 Å². The minimum Gasteiger partial charge on any atom is -0.396 e. The van der Waals surface area contributed by atoms with Gasteiger partial charge in [0.2, 0.25) is 0 Å². The highest BCUT2D eigenvalue weighted by Crippen LogP contribution is 2.29. The summed E-state index contributed by atoms with van der Waals surface area (Å²) in [5.41, 5.74) is 0.965. The van der Waals surface area contributed by atoms with Crippen molar-refractivity contribution in [3.63, 3.8) is 0 Å². The molecule has 0 aromatic heterocycles. The molecule has 1 aliphatic rings. The maximum absolute atomic E-state index is 13.3. The molecule has 2 rings (SSSR count). The summed E-state index contributed by atoms with van der Waals surface area (Å²) < 4.78 is 14.1. The zero-order chi connectivity index (χ0) is 13.2. The summed E-state index contributed by atoms with van der Waals surface area (Å²) in [7, 11) is 0. The molecule has 1 atom stereocenters. The van der Waals surface area contributed by atoms with Crippen LogP contribution >= 0.6 is 15.9 Å². The second-order valence-electron chi connectivity index (χ2n) is 5.56. The van der Waals surface area contributed by atoms with Gasteiger partial charge in [0.1, 0.15) is 5.82 Å². The van der Waals surface area contributed by atoms with Gasteiger partial charge in [0.15, 0.2) is 0 Å². The van der Waals surface area contributed by atoms with Gasteiger partial charge in [-0.05, 0) is 43.1 Å². The van der Waals surface area contributed by atoms with E-state index in [0.717, 1.165) is 42.5 Å². The first-order chi connectivity index (χ1) is 8.50. The Balaban J connectivity index is 2.04. The Hall–Kier alpha value is -0.450. The highest BCUT2D eigenvalue weighted by atomic mass is 79.9. The molecule has 1 N–H and O–H groups in total. The van der Waals surface area contributed by atoms with Crippen molar-refractivity contribution in [2.75, 3.05) is 19.7 Å². The van der Waals surface area contributed by atoms with Crippen molar-refractivity contribution in [1.82, 2.24) is 4.90 Å². The van der Waals surface area contributed by atoms with E-state index in [1.165, 1.54) is 6.07 Å². The monoisotopic (exact) mass is 315 g/mol. The van der Waals surface area contributed by atoms with E-state index in [1.807, 2.05) is 6.07 Å². The molecule has 1 saturated heterocycles. The topological polar surface area (TPSA) is 23.5 Å². The molecule has 0 saturated carbocycles. The fraction of sp³-hybridized carbons (Fsp3) is 0.571. The van der Waals surface area contributed by atoms with Gasteiger partial charge in [-0.2, -0.15) is 0 Å². The summed E-state index contributed by atoms with van der Waals surface area (Å²) in [5.74, 6) is -0.207. The van der Waals surface area contributed by atoms with Crippen molar-refractivity contribution >= 4 is 15.9 Å². The van der Waals surface area contributed by atoms with Gasteiger partial charge in [-0.25, -0.2) is 4.39 Å². The second kappa shape index (κ2) is 5.68. The van der Waals surface area contributed by atoms with Gasteiger partial charge in [0.25, 0.3) is 0 Å². The highest BCUT2D eigenvalue weighted by Gasteiger charge is 2.30. The molecule has 0 aliphatic carbocycles. The van der Waals surface area contributed by atoms with Crippen molar-refractivity contribution in [3.05, 3.63) is 34.1 Å². The molecule has 100 valence electrons. The SMILES string of the molecule is CC1(CO)CCCN(Cc2cc(F)cc(Br)c2)C1. The minimum atomic E-state index is -0.207. The summed E-state index contributed by atoms with van der Waals surface area (Å²) >= 11 is 3.32. The molecular weight excluding hydrogens is 297 g/mol. The third-order valence-electron chi connectivity index (χ3n) is 3.57. The highest BCUT2D eigenvalue weighted by molar-refractivity contribution is 9.10. The molecule has 1 aromatic rings. The lowest BCUT2D eigenvalue weighted by Crippen LogP contribution is -2.43. The van der Waals surface area contributed by atoms with Crippen LogP contribution in [0.5, 0.6) is 0 Å². The molecule has 0 spiro atoms. The van der Waals surface area contributed by atoms with Crippen molar-refractivity contribution < 1.29 is 9.50 Å². The van der Waals surface area contributed by atoms with Crippen LogP contribution in [0.1, 0.15) is 25.3 Å². The number of halogens is 2. The summed E-state index contributed by atoms with van der Waals surface area (Å²) in [6, 6.07) is 5.00. The Labute approximate surface area is 116 Å². The van der Waals surface area contributed by atoms with Gasteiger partial charge in [0, 0.05) is 29.6 Å². The number of hydrogen-bond donors (Lipinski definition) is 1. The largest absolute Gasteiger partial charge is 0.396 e. The minimum absolute atomic E-state index is 0.0111. The molecule has 1 fully saturated rings. The predicted molar refractivity (Wildman–Crippen MR) is 73.8 cm³/mol. The van der Waals surface area contributed by atoms with E-state index in [9.17, 15) is 9.50 Å². The number of piperidine rings is 1. The quantitative estimate of drug-likeness (QED) is 0.926. The van der Waals surface area contributed by atoms with Crippen LogP contribution in [-0.2, 0) is 6.54 Å². The van der Waals surface area contributed by atoms with Crippen LogP contribution in [0.15, 0.2) is 22.7 Å². The Kier molecular flexibility index (Phi) is 4.41. The Morgan fingerprint density at radius 2 is 2.22 bits per heavy atom. The van der Waals surface area contributed by atoms with E-state index >= 15 is 0 Å². The predicted octanol–water partition coefficient (Wildman–Crippen LogP) is 3.18. The Bertz CT molecular complexity index is 406. The number of nitrogens with zero attached hydrogens (tertiary/aromatic N) is 1. The van der Waals surface area contributed by atoms with E-state index < -0.39 is 0 Å². The average molecular weight is 316 g/mol. The summed E-state index contributed by atoms with van der Waals surface area (Å²) in [4.78, 5) is 2.29. The lowest BCUT2D eigenvalue weighted by molar-refractivity contribution is 0.0429. The van der Waals surface area contributed by atoms with Crippen LogP contribution in [0.2, 0.25) is 0 Å². The molecule has 1 heterocycles. The lowest BCUT2D eigenvalue weighted by Gasteiger charge is -2.39. The molecule has 1 aromatic carbocycles. The van der Waals surface area contributed by atoms with Crippen LogP contribution in [0.4, 0.5) is 4.39 Å². The Morgan fingerprint density at radius 1 is 1.44 bits per heavy atom. The van der Waals surface area contributed by atoms with Crippen molar-refractivity contribution in [2.24, 2.45) is 5.41 Å². The number of likely N-dealkylation sites (tertiary alicyclic amines) is 1. The van der Waals surface area contributed by atoms with Crippen LogP contribution in [0, 0.1) is 11.2 Å². The lowest BCUT2D eigenvalue weighted by atomic mass is 9.82. The van der Waals surface area contributed by atoms with Crippen LogP contribution in [0.25, 0.3) is 0 Å². The third-order valence-corrected chi connectivity index (χ3v) is 4.03. The van der Waals surface area contributed by atoms with Crippen LogP contribution in [-0.4, -0.2) is 29.7 Å². The Morgan fingerprint density at radius 3 is 2.89 bits per heavy atom. The number of benzene rings is 1. The first-order valence-electron chi connectivity index (χ1n) is 6.29. The van der Waals surface area contributed by atoms with E-state index in [-0.39, 0.29) is 17.8 Å². The van der Waals surface area contributed by atoms with Gasteiger partial charge in [-0.15, -0.1) is 0 Å². The first kappa shape index (κ1) is 14.0. The van der Waals surface area contributed by atoms with E-state index in [4.69, 9.17) is 0 Å². The zero-order valence-electron chi connectivity index (χ0n) is 10.6. The third kappa shape index (κ3) is 3.53. The van der Waals surface area contributed by atoms with Gasteiger partial charge in [-0.1, -0.05) is 22.9 Å². The maximum atomic E-state index is 13.3. The fourth-order valence-electron chi connectivity index (χ4n) is 2.65. The van der Waals surface area contributed by atoms with Gasteiger partial charge < -0.3 is 5.11 Å². The smallest absolute Gasteiger partial charge is 0.124 e. The normalized spacial score (nSPS) is 25.3. The average Bonchev–Trinajstić information content (AvgIpc) is 2.27. The molecular formula is C14H19BrFNO. The van der Waals surface area contributed by atoms with E-state index in [1.54, 1.807) is 6.07 Å². The molecule has 18 heavy (non-hydrogen) atoms. The molecule has 1 aliphatic heterocycles. The summed E-state index contributed by atoms with van der Waals surface area (Å²) in [6.45, 7) is 4.96. The maximum Gasteiger partial charge on any atom is 0.124 e. The van der Waals surface area contributed by atoms with Gasteiger partial charge >= 0.3 is 0 Å². The first-order valence-corrected chi connectivity index (χ1v) is 7.08. The van der Waals surface area contributed by atoms with Crippen molar-refractivity contribution in [3.8, 4) is 0 Å². The fourth-order valence-corrected chi connectivity index (χ4v) is 3.16. The molecule has 1 unspecified atom stereocenters. The molecule has 0 amide bonds. The number of aliphatic hydroxyl groups excluding tert-OH is 1.